The van der Waals surface area contributed by atoms with E-state index in [4.69, 9.17) is 16.6 Å². The van der Waals surface area contributed by atoms with E-state index in [9.17, 15) is 14.4 Å². The molecule has 1 unspecified atom stereocenters. The number of carboxylic acid groups (broad SMARTS) is 1. The van der Waals surface area contributed by atoms with Crippen LogP contribution in [0.2, 0.25) is 0 Å². The average Bonchev–Trinajstić information content (AvgIpc) is 2.63. The fraction of sp³-hybridized carbons (Fsp3) is 0.263. The predicted octanol–water partition coefficient (Wildman–Crippen LogP) is 2.00. The zero-order valence-corrected chi connectivity index (χ0v) is 19.0. The van der Waals surface area contributed by atoms with E-state index in [2.05, 4.69) is 47.5 Å². The molecule has 0 radical (unpaired) electrons. The highest BCUT2D eigenvalue weighted by molar-refractivity contribution is 9.12. The summed E-state index contributed by atoms with van der Waals surface area (Å²) in [6.45, 7) is -0.252. The van der Waals surface area contributed by atoms with Crippen LogP contribution in [0, 0.1) is 0 Å². The van der Waals surface area contributed by atoms with Crippen molar-refractivity contribution in [3.05, 3.63) is 52.0 Å². The number of nitrogens with zero attached hydrogens (tertiary/aromatic N) is 1. The number of benzene rings is 1. The Morgan fingerprint density at radius 1 is 1.27 bits per heavy atom. The summed E-state index contributed by atoms with van der Waals surface area (Å²) in [4.78, 5) is 39.4. The maximum atomic E-state index is 12.4. The summed E-state index contributed by atoms with van der Waals surface area (Å²) in [5, 5.41) is 14.2. The zero-order valence-electron chi connectivity index (χ0n) is 15.8. The van der Waals surface area contributed by atoms with E-state index in [0.717, 1.165) is 5.57 Å². The van der Waals surface area contributed by atoms with Gasteiger partial charge in [0.1, 0.15) is 4.45 Å². The van der Waals surface area contributed by atoms with Gasteiger partial charge in [-0.15, -0.1) is 0 Å². The molecule has 0 saturated carbocycles. The molecular formula is C19H21Br2N5O4. The lowest BCUT2D eigenvalue weighted by atomic mass is 9.96. The summed E-state index contributed by atoms with van der Waals surface area (Å²) in [7, 11) is 0. The first-order valence-corrected chi connectivity index (χ1v) is 10.4. The average molecular weight is 543 g/mol. The number of hydrogen-bond acceptors (Lipinski definition) is 4. The molecule has 0 bridgehead atoms. The van der Waals surface area contributed by atoms with Crippen LogP contribution in [0.4, 0.5) is 5.69 Å². The highest BCUT2D eigenvalue weighted by atomic mass is 79.9. The molecule has 0 spiro atoms. The number of guanidine groups is 1. The summed E-state index contributed by atoms with van der Waals surface area (Å²) < 4.78 is -0.171. The lowest BCUT2D eigenvalue weighted by molar-refractivity contribution is -0.137. The summed E-state index contributed by atoms with van der Waals surface area (Å²) >= 11 is 6.87. The quantitative estimate of drug-likeness (QED) is 0.146. The summed E-state index contributed by atoms with van der Waals surface area (Å²) in [6.07, 6.45) is 4.35. The number of carboxylic acids is 1. The second-order valence-corrected chi connectivity index (χ2v) is 8.91. The second kappa shape index (κ2) is 10.4. The third-order valence-electron chi connectivity index (χ3n) is 3.98. The number of aliphatic carboxylic acids is 1. The summed E-state index contributed by atoms with van der Waals surface area (Å²) in [5.74, 6) is -1.89. The Balaban J connectivity index is 1.94. The van der Waals surface area contributed by atoms with E-state index in [-0.39, 0.29) is 18.9 Å². The fourth-order valence-corrected chi connectivity index (χ4v) is 4.65. The monoisotopic (exact) mass is 541 g/mol. The van der Waals surface area contributed by atoms with Crippen molar-refractivity contribution in [2.24, 2.45) is 16.5 Å². The molecule has 1 aromatic carbocycles. The van der Waals surface area contributed by atoms with Crippen LogP contribution in [-0.4, -0.2) is 39.8 Å². The van der Waals surface area contributed by atoms with Crippen molar-refractivity contribution in [1.82, 2.24) is 10.6 Å². The first kappa shape index (κ1) is 23.6. The molecule has 0 heterocycles. The van der Waals surface area contributed by atoms with Gasteiger partial charge < -0.3 is 27.2 Å². The van der Waals surface area contributed by atoms with Gasteiger partial charge in [-0.05, 0) is 36.8 Å². The fourth-order valence-electron chi connectivity index (χ4n) is 2.80. The normalized spacial score (nSPS) is 17.9. The number of halogens is 2. The van der Waals surface area contributed by atoms with Crippen molar-refractivity contribution < 1.29 is 19.5 Å². The van der Waals surface area contributed by atoms with Gasteiger partial charge in [-0.2, -0.15) is 0 Å². The number of rotatable bonds is 8. The van der Waals surface area contributed by atoms with Crippen LogP contribution in [0.5, 0.6) is 0 Å². The Morgan fingerprint density at radius 3 is 2.67 bits per heavy atom. The first-order chi connectivity index (χ1) is 14.1. The minimum absolute atomic E-state index is 0.00187. The van der Waals surface area contributed by atoms with Gasteiger partial charge >= 0.3 is 5.97 Å². The summed E-state index contributed by atoms with van der Waals surface area (Å²) in [5.41, 5.74) is 12.3. The topological polar surface area (TPSA) is 160 Å². The standard InChI is InChI=1S/C19H21Br2N5O4/c20-13-6-11(4-5-16(28)29)8-19(21,9-13)26-15(27)10-24-17(30)12-2-1-3-14(7-12)25-18(22)23/h1-3,6-7,9H,4-5,8,10H2,(H,24,30)(H,26,27)(H,28,29)(H4,22,23,25). The van der Waals surface area contributed by atoms with Gasteiger partial charge in [-0.1, -0.05) is 43.5 Å². The number of alkyl halides is 1. The molecular weight excluding hydrogens is 522 g/mol. The van der Waals surface area contributed by atoms with Crippen molar-refractivity contribution in [3.8, 4) is 0 Å². The van der Waals surface area contributed by atoms with Gasteiger partial charge in [0, 0.05) is 22.9 Å². The van der Waals surface area contributed by atoms with E-state index >= 15 is 0 Å². The van der Waals surface area contributed by atoms with Crippen LogP contribution in [0.1, 0.15) is 29.6 Å². The number of carbonyl (C=O) groups excluding carboxylic acids is 2. The van der Waals surface area contributed by atoms with Crippen LogP contribution in [0.3, 0.4) is 0 Å². The Bertz CT molecular complexity index is 941. The molecule has 7 N–H and O–H groups in total. The molecule has 30 heavy (non-hydrogen) atoms. The lowest BCUT2D eigenvalue weighted by Gasteiger charge is -2.30. The Labute approximate surface area is 189 Å². The number of nitrogens with two attached hydrogens (primary N) is 2. The minimum atomic E-state index is -0.891. The van der Waals surface area contributed by atoms with Crippen molar-refractivity contribution in [2.45, 2.75) is 23.7 Å². The van der Waals surface area contributed by atoms with E-state index < -0.39 is 22.2 Å². The van der Waals surface area contributed by atoms with Gasteiger partial charge in [0.25, 0.3) is 5.91 Å². The van der Waals surface area contributed by atoms with E-state index in [1.54, 1.807) is 24.3 Å². The first-order valence-electron chi connectivity index (χ1n) is 8.84. The molecule has 160 valence electrons. The van der Waals surface area contributed by atoms with Crippen molar-refractivity contribution >= 4 is 61.3 Å². The SMILES string of the molecule is NC(N)=Nc1cccc(C(=O)NCC(=O)NC2(Br)C=C(Br)C=C(CCC(=O)O)C2)c1. The molecule has 1 aliphatic rings. The van der Waals surface area contributed by atoms with Crippen molar-refractivity contribution in [1.29, 1.82) is 0 Å². The third-order valence-corrected chi connectivity index (χ3v) is 5.14. The number of nitrogens with one attached hydrogen (secondary N) is 2. The number of carbonyl (C=O) groups is 3. The molecule has 0 aromatic heterocycles. The lowest BCUT2D eigenvalue weighted by Crippen LogP contribution is -2.47. The third kappa shape index (κ3) is 7.64. The number of allylic oxidation sites excluding steroid dienone is 2. The Morgan fingerprint density at radius 2 is 2.00 bits per heavy atom. The van der Waals surface area contributed by atoms with Crippen LogP contribution >= 0.6 is 31.9 Å². The predicted molar refractivity (Wildman–Crippen MR) is 121 cm³/mol. The molecule has 2 rings (SSSR count). The molecule has 2 amide bonds. The van der Waals surface area contributed by atoms with Crippen molar-refractivity contribution in [2.75, 3.05) is 6.54 Å². The molecule has 0 fully saturated rings. The highest BCUT2D eigenvalue weighted by Gasteiger charge is 2.30. The van der Waals surface area contributed by atoms with E-state index in [1.807, 2.05) is 6.08 Å². The molecule has 0 aliphatic heterocycles. The molecule has 0 saturated heterocycles. The Hall–Kier alpha value is -2.66. The maximum Gasteiger partial charge on any atom is 0.303 e. The van der Waals surface area contributed by atoms with Gasteiger partial charge in [0.05, 0.1) is 12.2 Å². The second-order valence-electron chi connectivity index (χ2n) is 6.58. The summed E-state index contributed by atoms with van der Waals surface area (Å²) in [6, 6.07) is 6.34. The molecule has 1 aromatic rings. The maximum absolute atomic E-state index is 12.4. The van der Waals surface area contributed by atoms with Crippen LogP contribution in [0.15, 0.2) is 51.5 Å². The van der Waals surface area contributed by atoms with Gasteiger partial charge in [-0.3, -0.25) is 14.4 Å². The van der Waals surface area contributed by atoms with E-state index in [0.29, 0.717) is 28.6 Å². The number of aliphatic imine (C=N–C) groups is 1. The zero-order chi connectivity index (χ0) is 22.3. The van der Waals surface area contributed by atoms with Crippen LogP contribution < -0.4 is 22.1 Å². The molecule has 11 heteroatoms. The largest absolute Gasteiger partial charge is 0.481 e. The van der Waals surface area contributed by atoms with Crippen molar-refractivity contribution in [3.63, 3.8) is 0 Å². The van der Waals surface area contributed by atoms with Crippen LogP contribution in [-0.2, 0) is 9.59 Å². The number of hydrogen-bond donors (Lipinski definition) is 5. The molecule has 9 nitrogen and oxygen atoms in total. The smallest absolute Gasteiger partial charge is 0.303 e. The highest BCUT2D eigenvalue weighted by Crippen LogP contribution is 2.35. The van der Waals surface area contributed by atoms with E-state index in [1.165, 1.54) is 6.07 Å². The number of amides is 2. The van der Waals surface area contributed by atoms with Gasteiger partial charge in [-0.25, -0.2) is 4.99 Å². The molecule has 1 atom stereocenters. The van der Waals surface area contributed by atoms with Gasteiger partial charge in [0.15, 0.2) is 5.96 Å². The Kier molecular flexibility index (Phi) is 8.18. The molecule has 1 aliphatic carbocycles. The minimum Gasteiger partial charge on any atom is -0.481 e. The van der Waals surface area contributed by atoms with Crippen LogP contribution in [0.25, 0.3) is 0 Å². The van der Waals surface area contributed by atoms with Gasteiger partial charge in [0.2, 0.25) is 5.91 Å².